The molecule has 1 amide bonds. The van der Waals surface area contributed by atoms with Crippen LogP contribution in [0.1, 0.15) is 46.5 Å². The number of sulfonamides is 1. The van der Waals surface area contributed by atoms with Crippen LogP contribution in [0.25, 0.3) is 11.3 Å². The molecule has 1 saturated heterocycles. The van der Waals surface area contributed by atoms with Gasteiger partial charge in [0.1, 0.15) is 22.5 Å². The highest BCUT2D eigenvalue weighted by Gasteiger charge is 2.32. The summed E-state index contributed by atoms with van der Waals surface area (Å²) in [6.07, 6.45) is 1.59. The van der Waals surface area contributed by atoms with Crippen LogP contribution in [0.3, 0.4) is 0 Å². The number of ketones is 1. The summed E-state index contributed by atoms with van der Waals surface area (Å²) >= 11 is 0. The van der Waals surface area contributed by atoms with E-state index in [0.29, 0.717) is 46.7 Å². The molecule has 4 rings (SSSR count). The molecule has 0 radical (unpaired) electrons. The van der Waals surface area contributed by atoms with Gasteiger partial charge in [-0.15, -0.1) is 0 Å². The zero-order valence-corrected chi connectivity index (χ0v) is 22.7. The fraction of sp³-hybridized carbons (Fsp3) is 0.357. The van der Waals surface area contributed by atoms with Crippen LogP contribution in [0, 0.1) is 25.6 Å². The lowest BCUT2D eigenvalue weighted by molar-refractivity contribution is -0.121. The third kappa shape index (κ3) is 5.57. The first kappa shape index (κ1) is 27.7. The molecule has 1 aliphatic rings. The molecule has 2 aromatic carbocycles. The van der Waals surface area contributed by atoms with Crippen molar-refractivity contribution in [1.29, 1.82) is 0 Å². The van der Waals surface area contributed by atoms with E-state index in [-0.39, 0.29) is 29.2 Å². The number of carbonyl (C=O) groups is 2. The van der Waals surface area contributed by atoms with Gasteiger partial charge >= 0.3 is 0 Å². The highest BCUT2D eigenvalue weighted by molar-refractivity contribution is 7.90. The maximum absolute atomic E-state index is 15.3. The number of hydrogen-bond acceptors (Lipinski definition) is 7. The number of furan rings is 1. The molecule has 0 saturated carbocycles. The number of halogens is 1. The molecule has 1 atom stereocenters. The van der Waals surface area contributed by atoms with E-state index in [4.69, 9.17) is 4.42 Å². The number of piperazine rings is 1. The molecule has 0 spiro atoms. The minimum atomic E-state index is -4.39. The van der Waals surface area contributed by atoms with Gasteiger partial charge in [-0.3, -0.25) is 9.59 Å². The van der Waals surface area contributed by atoms with Gasteiger partial charge in [0.25, 0.3) is 15.9 Å². The summed E-state index contributed by atoms with van der Waals surface area (Å²) < 4.78 is 49.9. The number of benzene rings is 2. The van der Waals surface area contributed by atoms with E-state index in [1.165, 1.54) is 6.26 Å². The van der Waals surface area contributed by atoms with Gasteiger partial charge in [0.15, 0.2) is 5.78 Å². The number of nitrogens with one attached hydrogen (secondary N) is 3. The average molecular weight is 542 g/mol. The second-order valence-corrected chi connectivity index (χ2v) is 11.4. The topological polar surface area (TPSA) is 118 Å². The summed E-state index contributed by atoms with van der Waals surface area (Å²) in [7, 11) is -4.39. The second kappa shape index (κ2) is 11.2. The van der Waals surface area contributed by atoms with Crippen LogP contribution in [0.2, 0.25) is 0 Å². The molecular formula is C28H32FN3O5S. The number of hydrogen-bond donors (Lipinski definition) is 3. The van der Waals surface area contributed by atoms with Gasteiger partial charge in [-0.2, -0.15) is 0 Å². The summed E-state index contributed by atoms with van der Waals surface area (Å²) in [6, 6.07) is 9.28. The van der Waals surface area contributed by atoms with E-state index in [2.05, 4.69) is 15.4 Å². The third-order valence-electron chi connectivity index (χ3n) is 6.74. The van der Waals surface area contributed by atoms with Crippen LogP contribution < -0.4 is 15.4 Å². The normalized spacial score (nSPS) is 16.0. The third-order valence-corrected chi connectivity index (χ3v) is 8.27. The molecule has 2 heterocycles. The molecule has 38 heavy (non-hydrogen) atoms. The van der Waals surface area contributed by atoms with Crippen LogP contribution in [0.4, 0.5) is 4.39 Å². The predicted molar refractivity (Wildman–Crippen MR) is 142 cm³/mol. The Hall–Kier alpha value is -3.34. The second-order valence-electron chi connectivity index (χ2n) is 9.81. The molecule has 10 heteroatoms. The van der Waals surface area contributed by atoms with Gasteiger partial charge in [-0.1, -0.05) is 32.0 Å². The highest BCUT2D eigenvalue weighted by atomic mass is 32.2. The molecule has 0 aliphatic carbocycles. The van der Waals surface area contributed by atoms with Crippen molar-refractivity contribution in [3.8, 4) is 11.3 Å². The smallest absolute Gasteiger partial charge is 0.265 e. The molecule has 1 fully saturated rings. The minimum absolute atomic E-state index is 0.0185. The van der Waals surface area contributed by atoms with Crippen molar-refractivity contribution in [2.75, 3.05) is 19.6 Å². The Morgan fingerprint density at radius 1 is 1.11 bits per heavy atom. The summed E-state index contributed by atoms with van der Waals surface area (Å²) in [4.78, 5) is 26.0. The van der Waals surface area contributed by atoms with Gasteiger partial charge in [0.05, 0.1) is 11.8 Å². The molecule has 3 aromatic rings. The van der Waals surface area contributed by atoms with Crippen molar-refractivity contribution >= 4 is 21.7 Å². The van der Waals surface area contributed by atoms with Crippen molar-refractivity contribution in [1.82, 2.24) is 15.4 Å². The number of amides is 1. The van der Waals surface area contributed by atoms with Crippen LogP contribution >= 0.6 is 0 Å². The Bertz CT molecular complexity index is 1460. The molecule has 8 nitrogen and oxygen atoms in total. The van der Waals surface area contributed by atoms with Gasteiger partial charge in [0.2, 0.25) is 0 Å². The molecule has 1 unspecified atom stereocenters. The van der Waals surface area contributed by atoms with Crippen molar-refractivity contribution in [2.45, 2.75) is 45.1 Å². The number of rotatable bonds is 8. The number of carbonyl (C=O) groups excluding carboxylic acids is 2. The predicted octanol–water partition coefficient (Wildman–Crippen LogP) is 3.50. The monoisotopic (exact) mass is 541 g/mol. The standard InChI is InChI=1S/C28H32FN3O5S/c1-16(2)26(33)24-20(14-19-9-10-21(25(29)18(19)4)23-6-5-13-37-23)8-7-17(3)27(24)38(35,36)32-28(34)22-15-30-11-12-31-22/h5-10,13,16,22,30-31H,11-12,14-15H2,1-4H3,(H,32,34). The Morgan fingerprint density at radius 3 is 2.47 bits per heavy atom. The Balaban J connectivity index is 1.77. The molecule has 3 N–H and O–H groups in total. The van der Waals surface area contributed by atoms with E-state index >= 15 is 4.39 Å². The zero-order chi connectivity index (χ0) is 27.6. The first-order chi connectivity index (χ1) is 18.0. The van der Waals surface area contributed by atoms with Crippen molar-refractivity contribution in [3.63, 3.8) is 0 Å². The lowest BCUT2D eigenvalue weighted by atomic mass is 9.89. The Kier molecular flexibility index (Phi) is 8.15. The fourth-order valence-corrected chi connectivity index (χ4v) is 6.12. The van der Waals surface area contributed by atoms with Crippen molar-refractivity contribution in [3.05, 3.63) is 76.3 Å². The Labute approximate surface area is 222 Å². The summed E-state index contributed by atoms with van der Waals surface area (Å²) in [5.41, 5.74) is 2.08. The summed E-state index contributed by atoms with van der Waals surface area (Å²) in [5.74, 6) is -1.63. The van der Waals surface area contributed by atoms with Crippen molar-refractivity contribution in [2.24, 2.45) is 5.92 Å². The lowest BCUT2D eigenvalue weighted by Crippen LogP contribution is -2.56. The van der Waals surface area contributed by atoms with Crippen LogP contribution in [0.5, 0.6) is 0 Å². The zero-order valence-electron chi connectivity index (χ0n) is 21.9. The molecule has 1 aliphatic heterocycles. The van der Waals surface area contributed by atoms with Gasteiger partial charge < -0.3 is 15.1 Å². The van der Waals surface area contributed by atoms with E-state index in [1.54, 1.807) is 64.1 Å². The maximum atomic E-state index is 15.3. The maximum Gasteiger partial charge on any atom is 0.265 e. The number of aryl methyl sites for hydroxylation is 1. The molecule has 0 bridgehead atoms. The number of Topliss-reactive ketones (excluding diaryl/α,β-unsaturated/α-hetero) is 1. The molecule has 202 valence electrons. The largest absolute Gasteiger partial charge is 0.464 e. The van der Waals surface area contributed by atoms with Gasteiger partial charge in [-0.05, 0) is 60.7 Å². The first-order valence-electron chi connectivity index (χ1n) is 12.5. The summed E-state index contributed by atoms with van der Waals surface area (Å²) in [6.45, 7) is 8.08. The summed E-state index contributed by atoms with van der Waals surface area (Å²) in [5, 5.41) is 6.03. The van der Waals surface area contributed by atoms with Gasteiger partial charge in [-0.25, -0.2) is 17.5 Å². The molecular weight excluding hydrogens is 509 g/mol. The van der Waals surface area contributed by atoms with E-state index in [9.17, 15) is 18.0 Å². The van der Waals surface area contributed by atoms with E-state index in [0.717, 1.165) is 0 Å². The quantitative estimate of drug-likeness (QED) is 0.374. The highest BCUT2D eigenvalue weighted by Crippen LogP contribution is 2.32. The SMILES string of the molecule is Cc1ccc(Cc2ccc(-c3ccco3)c(F)c2C)c(C(=O)C(C)C)c1S(=O)(=O)NC(=O)C1CNCCN1. The van der Waals surface area contributed by atoms with Crippen LogP contribution in [0.15, 0.2) is 52.0 Å². The first-order valence-corrected chi connectivity index (χ1v) is 14.0. The Morgan fingerprint density at radius 2 is 1.84 bits per heavy atom. The van der Waals surface area contributed by atoms with Crippen LogP contribution in [-0.2, 0) is 21.2 Å². The lowest BCUT2D eigenvalue weighted by Gasteiger charge is -2.24. The molecule has 1 aromatic heterocycles. The fourth-order valence-electron chi connectivity index (χ4n) is 4.62. The average Bonchev–Trinajstić information content (AvgIpc) is 3.42. The van der Waals surface area contributed by atoms with Crippen molar-refractivity contribution < 1.29 is 26.8 Å². The van der Waals surface area contributed by atoms with Crippen LogP contribution in [-0.4, -0.2) is 45.8 Å². The van der Waals surface area contributed by atoms with Gasteiger partial charge in [0, 0.05) is 31.1 Å². The van der Waals surface area contributed by atoms with E-state index in [1.807, 2.05) is 0 Å². The van der Waals surface area contributed by atoms with E-state index < -0.39 is 33.7 Å². The minimum Gasteiger partial charge on any atom is -0.464 e.